The maximum absolute atomic E-state index is 12.5. The molecule has 0 radical (unpaired) electrons. The number of nitrogens with one attached hydrogen (secondary N) is 1. The maximum Gasteiger partial charge on any atom is 0.262 e. The number of hydrogen-bond acceptors (Lipinski definition) is 2. The first-order chi connectivity index (χ1) is 8.90. The van der Waals surface area contributed by atoms with E-state index in [2.05, 4.69) is 27.8 Å². The van der Waals surface area contributed by atoms with Crippen LogP contribution in [-0.4, -0.2) is 28.4 Å². The number of nitrogens with zero attached hydrogens (tertiary/aromatic N) is 1. The highest BCUT2D eigenvalue weighted by Gasteiger charge is 2.36. The lowest BCUT2D eigenvalue weighted by molar-refractivity contribution is 0.0693. The molecule has 2 atom stereocenters. The fourth-order valence-corrected chi connectivity index (χ4v) is 2.54. The van der Waals surface area contributed by atoms with E-state index in [0.717, 1.165) is 12.5 Å². The molecule has 1 saturated carbocycles. The monoisotopic (exact) mass is 326 g/mol. The second-order valence-electron chi connectivity index (χ2n) is 5.59. The summed E-state index contributed by atoms with van der Waals surface area (Å²) >= 11 is 3.16. The number of rotatable bonds is 4. The predicted octanol–water partition coefficient (Wildman–Crippen LogP) is 2.64. The van der Waals surface area contributed by atoms with E-state index in [9.17, 15) is 9.59 Å². The minimum absolute atomic E-state index is 0.0222. The van der Waals surface area contributed by atoms with Crippen molar-refractivity contribution in [1.82, 2.24) is 9.88 Å². The van der Waals surface area contributed by atoms with Crippen molar-refractivity contribution in [2.24, 2.45) is 11.8 Å². The van der Waals surface area contributed by atoms with Crippen LogP contribution in [0.4, 0.5) is 0 Å². The first kappa shape index (κ1) is 14.3. The van der Waals surface area contributed by atoms with E-state index >= 15 is 0 Å². The zero-order chi connectivity index (χ0) is 14.2. The molecule has 0 saturated heterocycles. The Labute approximate surface area is 121 Å². The molecule has 0 aromatic carbocycles. The molecule has 19 heavy (non-hydrogen) atoms. The van der Waals surface area contributed by atoms with Crippen LogP contribution in [0.1, 0.15) is 37.6 Å². The SMILES string of the molecule is CC1CC1CN(C(=O)c1c[nH]c(=O)c(Br)c1)C(C)C. The number of hydrogen-bond donors (Lipinski definition) is 1. The van der Waals surface area contributed by atoms with Gasteiger partial charge in [-0.1, -0.05) is 6.92 Å². The largest absolute Gasteiger partial charge is 0.336 e. The van der Waals surface area contributed by atoms with Crippen molar-refractivity contribution < 1.29 is 4.79 Å². The molecule has 0 spiro atoms. The van der Waals surface area contributed by atoms with Crippen molar-refractivity contribution in [1.29, 1.82) is 0 Å². The molecule has 0 aliphatic heterocycles. The predicted molar refractivity (Wildman–Crippen MR) is 78.2 cm³/mol. The Bertz CT molecular complexity index is 538. The van der Waals surface area contributed by atoms with Crippen LogP contribution < -0.4 is 5.56 Å². The summed E-state index contributed by atoms with van der Waals surface area (Å²) in [7, 11) is 0. The summed E-state index contributed by atoms with van der Waals surface area (Å²) in [5.74, 6) is 1.32. The van der Waals surface area contributed by atoms with Crippen molar-refractivity contribution >= 4 is 21.8 Å². The van der Waals surface area contributed by atoms with Gasteiger partial charge in [0.15, 0.2) is 0 Å². The van der Waals surface area contributed by atoms with E-state index in [1.165, 1.54) is 12.6 Å². The Balaban J connectivity index is 2.18. The lowest BCUT2D eigenvalue weighted by Crippen LogP contribution is -2.39. The Morgan fingerprint density at radius 1 is 1.58 bits per heavy atom. The smallest absolute Gasteiger partial charge is 0.262 e. The summed E-state index contributed by atoms with van der Waals surface area (Å²) in [5, 5.41) is 0. The second kappa shape index (κ2) is 5.49. The highest BCUT2D eigenvalue weighted by Crippen LogP contribution is 2.38. The molecule has 2 rings (SSSR count). The van der Waals surface area contributed by atoms with Crippen LogP contribution in [0, 0.1) is 11.8 Å². The lowest BCUT2D eigenvalue weighted by atomic mass is 10.2. The molecule has 1 aromatic heterocycles. The van der Waals surface area contributed by atoms with Gasteiger partial charge < -0.3 is 9.88 Å². The summed E-state index contributed by atoms with van der Waals surface area (Å²) in [5.41, 5.74) is 0.303. The number of carbonyl (C=O) groups excluding carboxylic acids is 1. The van der Waals surface area contributed by atoms with Crippen LogP contribution >= 0.6 is 15.9 Å². The maximum atomic E-state index is 12.5. The highest BCUT2D eigenvalue weighted by atomic mass is 79.9. The molecule has 4 nitrogen and oxygen atoms in total. The third-order valence-corrected chi connectivity index (χ3v) is 4.29. The van der Waals surface area contributed by atoms with E-state index in [1.807, 2.05) is 18.7 Å². The van der Waals surface area contributed by atoms with Gasteiger partial charge in [-0.15, -0.1) is 0 Å². The van der Waals surface area contributed by atoms with Crippen molar-refractivity contribution in [2.75, 3.05) is 6.54 Å². The topological polar surface area (TPSA) is 53.2 Å². The van der Waals surface area contributed by atoms with Crippen LogP contribution in [0.25, 0.3) is 0 Å². The average Bonchev–Trinajstić information content (AvgIpc) is 3.04. The molecule has 1 fully saturated rings. The molecule has 1 amide bonds. The number of H-pyrrole nitrogens is 1. The van der Waals surface area contributed by atoms with E-state index in [0.29, 0.717) is 16.0 Å². The van der Waals surface area contributed by atoms with Crippen molar-refractivity contribution in [3.8, 4) is 0 Å². The summed E-state index contributed by atoms with van der Waals surface area (Å²) < 4.78 is 0.391. The molecule has 1 aliphatic carbocycles. The molecule has 1 heterocycles. The van der Waals surface area contributed by atoms with Gasteiger partial charge in [0.2, 0.25) is 0 Å². The standard InChI is InChI=1S/C14H19BrN2O2/c1-8(2)17(7-11-4-9(11)3)14(19)10-5-12(15)13(18)16-6-10/h5-6,8-9,11H,4,7H2,1-3H3,(H,16,18). The fourth-order valence-electron chi connectivity index (χ4n) is 2.18. The molecule has 0 bridgehead atoms. The van der Waals surface area contributed by atoms with E-state index in [-0.39, 0.29) is 17.5 Å². The van der Waals surface area contributed by atoms with Crippen LogP contribution in [0.15, 0.2) is 21.5 Å². The second-order valence-corrected chi connectivity index (χ2v) is 6.44. The molecular formula is C14H19BrN2O2. The molecular weight excluding hydrogens is 308 g/mol. The van der Waals surface area contributed by atoms with Crippen molar-refractivity contribution in [2.45, 2.75) is 33.2 Å². The first-order valence-corrected chi connectivity index (χ1v) is 7.38. The number of aromatic nitrogens is 1. The number of amides is 1. The van der Waals surface area contributed by atoms with Gasteiger partial charge in [-0.2, -0.15) is 0 Å². The summed E-state index contributed by atoms with van der Waals surface area (Å²) in [4.78, 5) is 28.3. The lowest BCUT2D eigenvalue weighted by Gasteiger charge is -2.27. The third-order valence-electron chi connectivity index (χ3n) is 3.70. The van der Waals surface area contributed by atoms with Crippen molar-refractivity contribution in [3.63, 3.8) is 0 Å². The third kappa shape index (κ3) is 3.26. The quantitative estimate of drug-likeness (QED) is 0.924. The Kier molecular flexibility index (Phi) is 4.13. The van der Waals surface area contributed by atoms with Gasteiger partial charge in [0.25, 0.3) is 11.5 Å². The highest BCUT2D eigenvalue weighted by molar-refractivity contribution is 9.10. The van der Waals surface area contributed by atoms with Gasteiger partial charge in [0.1, 0.15) is 0 Å². The van der Waals surface area contributed by atoms with E-state index in [1.54, 1.807) is 6.07 Å². The van der Waals surface area contributed by atoms with Gasteiger partial charge in [-0.25, -0.2) is 0 Å². The molecule has 1 aliphatic rings. The van der Waals surface area contributed by atoms with Gasteiger partial charge >= 0.3 is 0 Å². The van der Waals surface area contributed by atoms with Crippen molar-refractivity contribution in [3.05, 3.63) is 32.7 Å². The molecule has 5 heteroatoms. The fraction of sp³-hybridized carbons (Fsp3) is 0.571. The van der Waals surface area contributed by atoms with Crippen LogP contribution in [-0.2, 0) is 0 Å². The zero-order valence-electron chi connectivity index (χ0n) is 11.4. The zero-order valence-corrected chi connectivity index (χ0v) is 13.0. The van der Waals surface area contributed by atoms with Gasteiger partial charge in [-0.05, 0) is 54.1 Å². The van der Waals surface area contributed by atoms with Gasteiger partial charge in [-0.3, -0.25) is 9.59 Å². The number of aromatic amines is 1. The van der Waals surface area contributed by atoms with E-state index in [4.69, 9.17) is 0 Å². The minimum atomic E-state index is -0.219. The Morgan fingerprint density at radius 2 is 2.21 bits per heavy atom. The summed E-state index contributed by atoms with van der Waals surface area (Å²) in [6, 6.07) is 1.75. The van der Waals surface area contributed by atoms with Crippen LogP contribution in [0.5, 0.6) is 0 Å². The van der Waals surface area contributed by atoms with Crippen LogP contribution in [0.3, 0.4) is 0 Å². The first-order valence-electron chi connectivity index (χ1n) is 6.59. The van der Waals surface area contributed by atoms with E-state index < -0.39 is 0 Å². The average molecular weight is 327 g/mol. The number of carbonyl (C=O) groups is 1. The van der Waals surface area contributed by atoms with Gasteiger partial charge in [0, 0.05) is 18.8 Å². The van der Waals surface area contributed by atoms with Crippen LogP contribution in [0.2, 0.25) is 0 Å². The Morgan fingerprint density at radius 3 is 2.68 bits per heavy atom. The number of pyridine rings is 1. The molecule has 104 valence electrons. The molecule has 1 N–H and O–H groups in total. The summed E-state index contributed by atoms with van der Waals surface area (Å²) in [6.45, 7) is 7.05. The summed E-state index contributed by atoms with van der Waals surface area (Å²) in [6.07, 6.45) is 2.69. The number of halogens is 1. The molecule has 2 unspecified atom stereocenters. The normalized spacial score (nSPS) is 21.5. The Hall–Kier alpha value is -1.10. The minimum Gasteiger partial charge on any atom is -0.336 e. The molecule has 1 aromatic rings. The van der Waals surface area contributed by atoms with Gasteiger partial charge in [0.05, 0.1) is 10.0 Å².